The molecule has 2 saturated heterocycles. The summed E-state index contributed by atoms with van der Waals surface area (Å²) in [6.07, 6.45) is 1.59. The Labute approximate surface area is 192 Å². The Hall–Kier alpha value is -3.04. The van der Waals surface area contributed by atoms with Crippen LogP contribution in [-0.2, 0) is 9.53 Å². The molecule has 1 N–H and O–H groups in total. The number of benzene rings is 1. The molecule has 2 amide bonds. The Morgan fingerprint density at radius 3 is 2.70 bits per heavy atom. The highest BCUT2D eigenvalue weighted by Crippen LogP contribution is 2.25. The van der Waals surface area contributed by atoms with E-state index in [1.54, 1.807) is 12.3 Å². The highest BCUT2D eigenvalue weighted by atomic mass is 32.2. The van der Waals surface area contributed by atoms with Gasteiger partial charge in [-0.15, -0.1) is 11.8 Å². The number of nitriles is 1. The molecule has 12 heteroatoms. The lowest BCUT2D eigenvalue weighted by atomic mass is 10.1. The molecule has 2 fully saturated rings. The van der Waals surface area contributed by atoms with Crippen molar-refractivity contribution in [1.29, 1.82) is 5.26 Å². The minimum atomic E-state index is -3.67. The van der Waals surface area contributed by atoms with Crippen LogP contribution in [0.15, 0.2) is 30.5 Å². The summed E-state index contributed by atoms with van der Waals surface area (Å²) in [5.74, 6) is 0.510. The van der Waals surface area contributed by atoms with Crippen LogP contribution in [0.25, 0.3) is 10.9 Å². The molecule has 1 unspecified atom stereocenters. The first-order chi connectivity index (χ1) is 15.9. The van der Waals surface area contributed by atoms with E-state index < -0.39 is 12.7 Å². The van der Waals surface area contributed by atoms with Crippen molar-refractivity contribution in [3.63, 3.8) is 0 Å². The van der Waals surface area contributed by atoms with Crippen LogP contribution in [0.5, 0.6) is 0 Å². The van der Waals surface area contributed by atoms with Gasteiger partial charge in [0.2, 0.25) is 5.91 Å². The van der Waals surface area contributed by atoms with E-state index in [1.807, 2.05) is 18.2 Å². The number of pyridine rings is 1. The molecule has 2 aliphatic heterocycles. The van der Waals surface area contributed by atoms with Gasteiger partial charge >= 0.3 is 6.68 Å². The molecule has 0 radical (unpaired) electrons. The van der Waals surface area contributed by atoms with Crippen molar-refractivity contribution < 1.29 is 27.5 Å². The number of carbonyl (C=O) groups excluding carboxylic acids is 2. The number of nitrogens with one attached hydrogen (secondary N) is 1. The number of morpholine rings is 1. The summed E-state index contributed by atoms with van der Waals surface area (Å²) in [5.41, 5.74) is 2.22. The number of amides is 2. The van der Waals surface area contributed by atoms with Gasteiger partial charge in [0.1, 0.15) is 6.04 Å². The molecule has 2 aliphatic rings. The van der Waals surface area contributed by atoms with Gasteiger partial charge in [-0.2, -0.15) is 18.4 Å². The van der Waals surface area contributed by atoms with E-state index in [-0.39, 0.29) is 18.4 Å². The normalized spacial score (nSPS) is 18.0. The molecule has 2 aromatic rings. The molecular weight excluding hydrogens is 459 g/mol. The number of alkyl halides is 3. The molecule has 4 rings (SSSR count). The van der Waals surface area contributed by atoms with Gasteiger partial charge in [0.05, 0.1) is 42.8 Å². The molecule has 0 bridgehead atoms. The fourth-order valence-corrected chi connectivity index (χ4v) is 4.60. The molecule has 1 aromatic heterocycles. The van der Waals surface area contributed by atoms with Crippen LogP contribution < -0.4 is 10.2 Å². The molecular formula is C21H22F3N5O3S. The summed E-state index contributed by atoms with van der Waals surface area (Å²) >= 11 is 1.54. The first-order valence-electron chi connectivity index (χ1n) is 10.1. The molecule has 3 heterocycles. The van der Waals surface area contributed by atoms with Gasteiger partial charge in [-0.25, -0.2) is 0 Å². The van der Waals surface area contributed by atoms with Gasteiger partial charge < -0.3 is 19.9 Å². The predicted octanol–water partition coefficient (Wildman–Crippen LogP) is 2.40. The first-order valence-corrected chi connectivity index (χ1v) is 11.2. The Morgan fingerprint density at radius 2 is 2.00 bits per heavy atom. The van der Waals surface area contributed by atoms with Gasteiger partial charge in [0.15, 0.2) is 0 Å². The highest BCUT2D eigenvalue weighted by Gasteiger charge is 2.29. The van der Waals surface area contributed by atoms with E-state index in [9.17, 15) is 22.8 Å². The van der Waals surface area contributed by atoms with Crippen LogP contribution in [-0.4, -0.2) is 78.9 Å². The zero-order chi connectivity index (χ0) is 23.8. The zero-order valence-electron chi connectivity index (χ0n) is 17.5. The van der Waals surface area contributed by atoms with Gasteiger partial charge in [0.25, 0.3) is 5.91 Å². The topological polar surface area (TPSA) is 98.6 Å². The van der Waals surface area contributed by atoms with Crippen molar-refractivity contribution in [1.82, 2.24) is 15.2 Å². The number of fused-ring (bicyclic) bond motifs is 1. The fraction of sp³-hybridized carbons (Fsp3) is 0.429. The fourth-order valence-electron chi connectivity index (χ4n) is 3.50. The highest BCUT2D eigenvalue weighted by molar-refractivity contribution is 7.99. The van der Waals surface area contributed by atoms with Crippen molar-refractivity contribution in [3.05, 3.63) is 36.0 Å². The Balaban J connectivity index is 0.000000709. The van der Waals surface area contributed by atoms with Crippen LogP contribution in [0, 0.1) is 11.3 Å². The number of hydrogen-bond acceptors (Lipinski definition) is 7. The molecule has 8 nitrogen and oxygen atoms in total. The van der Waals surface area contributed by atoms with Crippen LogP contribution >= 0.6 is 11.8 Å². The van der Waals surface area contributed by atoms with Crippen molar-refractivity contribution in [3.8, 4) is 6.07 Å². The number of ether oxygens (including phenoxy) is 1. The number of rotatable bonds is 4. The molecule has 0 spiro atoms. The molecule has 1 atom stereocenters. The number of halogens is 3. The second-order valence-electron chi connectivity index (χ2n) is 7.10. The summed E-state index contributed by atoms with van der Waals surface area (Å²) in [6, 6.07) is 9.23. The third-order valence-corrected chi connectivity index (χ3v) is 6.11. The quantitative estimate of drug-likeness (QED) is 0.716. The molecule has 1 aromatic carbocycles. The number of hydrogen-bond donors (Lipinski definition) is 1. The second kappa shape index (κ2) is 11.7. The smallest absolute Gasteiger partial charge is 0.378 e. The maximum atomic E-state index is 12.8. The maximum absolute atomic E-state index is 12.8. The standard InChI is InChI=1S/C20H21N5O3S.CHF3/c21-10-15-12-29-13-25(15)19(26)11-23-20(27)16-3-4-22-18-2-1-14(9-17(16)18)24-5-7-28-8-6-24;2-1(3)4/h1-4,9,15H,5-8,11-13H2,(H,23,27);1H. The minimum absolute atomic E-state index is 0.134. The summed E-state index contributed by atoms with van der Waals surface area (Å²) < 4.78 is 34.4. The van der Waals surface area contributed by atoms with E-state index in [0.29, 0.717) is 30.4 Å². The minimum Gasteiger partial charge on any atom is -0.378 e. The molecule has 0 aliphatic carbocycles. The Kier molecular flexibility index (Phi) is 8.73. The largest absolute Gasteiger partial charge is 0.379 e. The van der Waals surface area contributed by atoms with Gasteiger partial charge in [-0.3, -0.25) is 14.6 Å². The second-order valence-corrected chi connectivity index (χ2v) is 8.10. The van der Waals surface area contributed by atoms with Crippen molar-refractivity contribution >= 4 is 40.2 Å². The third-order valence-electron chi connectivity index (χ3n) is 5.10. The summed E-state index contributed by atoms with van der Waals surface area (Å²) in [5, 5.41) is 12.6. The monoisotopic (exact) mass is 481 g/mol. The SMILES string of the molecule is FC(F)F.N#CC1CSCN1C(=O)CNC(=O)c1ccnc2ccc(N3CCOCC3)cc12. The lowest BCUT2D eigenvalue weighted by Gasteiger charge is -2.29. The van der Waals surface area contributed by atoms with E-state index in [2.05, 4.69) is 21.3 Å². The van der Waals surface area contributed by atoms with Gasteiger partial charge in [0, 0.05) is 36.1 Å². The lowest BCUT2D eigenvalue weighted by Crippen LogP contribution is -2.42. The van der Waals surface area contributed by atoms with Crippen LogP contribution in [0.1, 0.15) is 10.4 Å². The first kappa shape index (κ1) is 24.6. The van der Waals surface area contributed by atoms with Crippen LogP contribution in [0.4, 0.5) is 18.9 Å². The number of anilines is 1. The summed E-state index contributed by atoms with van der Waals surface area (Å²) in [4.78, 5) is 33.3. The average Bonchev–Trinajstić information content (AvgIpc) is 3.31. The van der Waals surface area contributed by atoms with E-state index in [4.69, 9.17) is 10.00 Å². The third kappa shape index (κ3) is 6.49. The lowest BCUT2D eigenvalue weighted by molar-refractivity contribution is -0.129. The molecule has 0 saturated carbocycles. The zero-order valence-corrected chi connectivity index (χ0v) is 18.4. The van der Waals surface area contributed by atoms with Crippen molar-refractivity contribution in [2.24, 2.45) is 0 Å². The molecule has 33 heavy (non-hydrogen) atoms. The summed E-state index contributed by atoms with van der Waals surface area (Å²) in [6.45, 7) is -0.839. The number of thioether (sulfide) groups is 1. The Morgan fingerprint density at radius 1 is 1.27 bits per heavy atom. The van der Waals surface area contributed by atoms with E-state index in [0.717, 1.165) is 29.7 Å². The average molecular weight is 482 g/mol. The van der Waals surface area contributed by atoms with Gasteiger partial charge in [-0.1, -0.05) is 0 Å². The Bertz CT molecular complexity index is 1030. The number of aromatic nitrogens is 1. The van der Waals surface area contributed by atoms with E-state index in [1.165, 1.54) is 16.7 Å². The van der Waals surface area contributed by atoms with Crippen molar-refractivity contribution in [2.45, 2.75) is 12.7 Å². The van der Waals surface area contributed by atoms with Crippen molar-refractivity contribution in [2.75, 3.05) is 49.4 Å². The van der Waals surface area contributed by atoms with Crippen LogP contribution in [0.3, 0.4) is 0 Å². The maximum Gasteiger partial charge on any atom is 0.379 e. The number of nitrogens with zero attached hydrogens (tertiary/aromatic N) is 4. The predicted molar refractivity (Wildman–Crippen MR) is 118 cm³/mol. The van der Waals surface area contributed by atoms with E-state index >= 15 is 0 Å². The van der Waals surface area contributed by atoms with Crippen LogP contribution in [0.2, 0.25) is 0 Å². The number of carbonyl (C=O) groups is 2. The molecule has 176 valence electrons. The van der Waals surface area contributed by atoms with Gasteiger partial charge in [-0.05, 0) is 24.3 Å². The summed E-state index contributed by atoms with van der Waals surface area (Å²) in [7, 11) is 0.